The fourth-order valence-corrected chi connectivity index (χ4v) is 4.55. The van der Waals surface area contributed by atoms with E-state index in [1.54, 1.807) is 0 Å². The van der Waals surface area contributed by atoms with Crippen molar-refractivity contribution in [1.82, 2.24) is 0 Å². The van der Waals surface area contributed by atoms with Crippen LogP contribution < -0.4 is 0 Å². The van der Waals surface area contributed by atoms with Gasteiger partial charge in [0.05, 0.1) is 19.8 Å². The largest absolute Gasteiger partial charge is 0.394 e. The molecule has 0 bridgehead atoms. The molecule has 35 heavy (non-hydrogen) atoms. The van der Waals surface area contributed by atoms with Gasteiger partial charge in [-0.05, 0) is 0 Å². The van der Waals surface area contributed by atoms with Crippen LogP contribution in [0.5, 0.6) is 0 Å². The number of ether oxygens (including phenoxy) is 4. The third-order valence-electron chi connectivity index (χ3n) is 6.65. The Bertz CT molecular complexity index is 725. The standard InChI is InChI=1S/C18H32O17/c19-1-5-8(23)11(26)14(29)17(31,33-5)18(15(30)12(27)9(24)6(2-20)34-18)35-16(4-22)13(28)10(25)7(3-21)32-16/h5-15,19-31H,1-4H2/t5-,6-,7-,8+,9-,10-,11+,12+,13+,14-,15-,16?,17?,18-/m1/s1. The van der Waals surface area contributed by atoms with E-state index in [-0.39, 0.29) is 0 Å². The second-order valence-corrected chi connectivity index (χ2v) is 8.74. The second kappa shape index (κ2) is 10.2. The molecule has 0 spiro atoms. The quantitative estimate of drug-likeness (QED) is 0.148. The van der Waals surface area contributed by atoms with Crippen molar-refractivity contribution in [2.24, 2.45) is 0 Å². The molecule has 0 aromatic carbocycles. The number of rotatable bonds is 7. The third kappa shape index (κ3) is 4.19. The average Bonchev–Trinajstić information content (AvgIpc) is 3.10. The summed E-state index contributed by atoms with van der Waals surface area (Å²) < 4.78 is 21.2. The van der Waals surface area contributed by atoms with Gasteiger partial charge < -0.3 is 85.3 Å². The van der Waals surface area contributed by atoms with E-state index in [0.29, 0.717) is 0 Å². The zero-order valence-corrected chi connectivity index (χ0v) is 18.1. The van der Waals surface area contributed by atoms with Crippen LogP contribution in [-0.2, 0) is 18.9 Å². The molecule has 3 rings (SSSR count). The topological polar surface area (TPSA) is 300 Å². The lowest BCUT2D eigenvalue weighted by molar-refractivity contribution is -0.529. The van der Waals surface area contributed by atoms with Gasteiger partial charge in [-0.2, -0.15) is 0 Å². The predicted octanol–water partition coefficient (Wildman–Crippen LogP) is -8.86. The first kappa shape index (κ1) is 28.9. The molecule has 3 aliphatic heterocycles. The van der Waals surface area contributed by atoms with Gasteiger partial charge in [-0.25, -0.2) is 0 Å². The van der Waals surface area contributed by atoms with E-state index in [4.69, 9.17) is 18.9 Å². The summed E-state index contributed by atoms with van der Waals surface area (Å²) in [4.78, 5) is 0. The molecule has 13 N–H and O–H groups in total. The maximum Gasteiger partial charge on any atom is 0.259 e. The van der Waals surface area contributed by atoms with E-state index in [1.165, 1.54) is 0 Å². The number of aliphatic hydroxyl groups excluding tert-OH is 12. The molecule has 206 valence electrons. The number of hydrogen-bond acceptors (Lipinski definition) is 17. The first-order valence-electron chi connectivity index (χ1n) is 10.6. The zero-order chi connectivity index (χ0) is 26.5. The van der Waals surface area contributed by atoms with Crippen molar-refractivity contribution in [3.8, 4) is 0 Å². The van der Waals surface area contributed by atoms with E-state index >= 15 is 0 Å². The van der Waals surface area contributed by atoms with Crippen LogP contribution in [0.2, 0.25) is 0 Å². The molecule has 2 unspecified atom stereocenters. The van der Waals surface area contributed by atoms with E-state index in [1.807, 2.05) is 0 Å². The zero-order valence-electron chi connectivity index (χ0n) is 18.1. The molecule has 0 aromatic rings. The van der Waals surface area contributed by atoms with Crippen molar-refractivity contribution in [1.29, 1.82) is 0 Å². The van der Waals surface area contributed by atoms with E-state index < -0.39 is 111 Å². The average molecular weight is 520 g/mol. The minimum absolute atomic E-state index is 0.929. The lowest BCUT2D eigenvalue weighted by Crippen LogP contribution is -2.83. The summed E-state index contributed by atoms with van der Waals surface area (Å²) in [6, 6.07) is 0. The van der Waals surface area contributed by atoms with Crippen molar-refractivity contribution in [2.45, 2.75) is 84.5 Å². The highest BCUT2D eigenvalue weighted by Gasteiger charge is 2.75. The Balaban J connectivity index is 2.21. The Kier molecular flexibility index (Phi) is 8.45. The molecule has 17 heteroatoms. The fourth-order valence-electron chi connectivity index (χ4n) is 4.55. The molecule has 3 heterocycles. The first-order valence-corrected chi connectivity index (χ1v) is 10.6. The SMILES string of the molecule is OC[C@H]1OC(O)([C@@]2(OC3(CO)O[C@H](CO)[C@@H](O)[C@@H]3O)O[C@H](CO)[C@@H](O)[C@H](O)[C@H]2O)[C@H](O)[C@@H](O)[C@H]1O. The monoisotopic (exact) mass is 520 g/mol. The van der Waals surface area contributed by atoms with E-state index in [2.05, 4.69) is 0 Å². The van der Waals surface area contributed by atoms with Crippen molar-refractivity contribution in [3.05, 3.63) is 0 Å². The minimum atomic E-state index is -3.60. The molecule has 14 atom stereocenters. The summed E-state index contributed by atoms with van der Waals surface area (Å²) in [5.41, 5.74) is 0. The molecular formula is C18H32O17. The molecule has 3 saturated heterocycles. The van der Waals surface area contributed by atoms with Gasteiger partial charge in [0.1, 0.15) is 73.8 Å². The van der Waals surface area contributed by atoms with Crippen LogP contribution in [0.15, 0.2) is 0 Å². The molecule has 0 aliphatic carbocycles. The van der Waals surface area contributed by atoms with Gasteiger partial charge in [-0.3, -0.25) is 0 Å². The molecule has 0 radical (unpaired) electrons. The summed E-state index contributed by atoms with van der Waals surface area (Å²) in [5.74, 6) is -9.97. The highest BCUT2D eigenvalue weighted by atomic mass is 16.9. The summed E-state index contributed by atoms with van der Waals surface area (Å²) >= 11 is 0. The Hall–Kier alpha value is -0.680. The van der Waals surface area contributed by atoms with Gasteiger partial charge in [0.25, 0.3) is 11.6 Å². The summed E-state index contributed by atoms with van der Waals surface area (Å²) in [5, 5.41) is 133. The Morgan fingerprint density at radius 1 is 0.543 bits per heavy atom. The minimum Gasteiger partial charge on any atom is -0.394 e. The molecule has 3 aliphatic rings. The van der Waals surface area contributed by atoms with Gasteiger partial charge in [-0.1, -0.05) is 0 Å². The molecule has 3 fully saturated rings. The Morgan fingerprint density at radius 3 is 1.46 bits per heavy atom. The van der Waals surface area contributed by atoms with E-state index in [9.17, 15) is 66.4 Å². The number of hydrogen-bond donors (Lipinski definition) is 13. The number of aliphatic hydroxyl groups is 13. The van der Waals surface area contributed by atoms with Crippen LogP contribution in [0.1, 0.15) is 0 Å². The van der Waals surface area contributed by atoms with Crippen LogP contribution in [-0.4, -0.2) is 177 Å². The van der Waals surface area contributed by atoms with Gasteiger partial charge in [0.2, 0.25) is 5.79 Å². The lowest BCUT2D eigenvalue weighted by atomic mass is 9.80. The Labute approximate surface area is 197 Å². The van der Waals surface area contributed by atoms with Gasteiger partial charge >= 0.3 is 0 Å². The maximum absolute atomic E-state index is 11.5. The highest BCUT2D eigenvalue weighted by molar-refractivity contribution is 5.13. The van der Waals surface area contributed by atoms with Crippen molar-refractivity contribution < 1.29 is 85.3 Å². The van der Waals surface area contributed by atoms with Crippen molar-refractivity contribution in [3.63, 3.8) is 0 Å². The highest BCUT2D eigenvalue weighted by Crippen LogP contribution is 2.49. The predicted molar refractivity (Wildman–Crippen MR) is 103 cm³/mol. The lowest BCUT2D eigenvalue weighted by Gasteiger charge is -2.59. The molecule has 17 nitrogen and oxygen atoms in total. The Morgan fingerprint density at radius 2 is 1.00 bits per heavy atom. The van der Waals surface area contributed by atoms with Crippen LogP contribution in [0.3, 0.4) is 0 Å². The van der Waals surface area contributed by atoms with E-state index in [0.717, 1.165) is 0 Å². The smallest absolute Gasteiger partial charge is 0.259 e. The van der Waals surface area contributed by atoms with Crippen molar-refractivity contribution in [2.75, 3.05) is 26.4 Å². The maximum atomic E-state index is 11.5. The van der Waals surface area contributed by atoms with Gasteiger partial charge in [0.15, 0.2) is 0 Å². The van der Waals surface area contributed by atoms with Crippen LogP contribution in [0.25, 0.3) is 0 Å². The summed E-state index contributed by atoms with van der Waals surface area (Å²) in [6.07, 6.45) is -23.7. The molecule has 0 amide bonds. The van der Waals surface area contributed by atoms with Gasteiger partial charge in [-0.15, -0.1) is 0 Å². The normalized spacial score (nSPS) is 55.3. The van der Waals surface area contributed by atoms with Crippen LogP contribution in [0, 0.1) is 0 Å². The fraction of sp³-hybridized carbons (Fsp3) is 1.00. The molecule has 0 aromatic heterocycles. The molecular weight excluding hydrogens is 488 g/mol. The third-order valence-corrected chi connectivity index (χ3v) is 6.65. The molecule has 0 saturated carbocycles. The van der Waals surface area contributed by atoms with Crippen molar-refractivity contribution >= 4 is 0 Å². The van der Waals surface area contributed by atoms with Crippen LogP contribution in [0.4, 0.5) is 0 Å². The summed E-state index contributed by atoms with van der Waals surface area (Å²) in [7, 11) is 0. The van der Waals surface area contributed by atoms with Gasteiger partial charge in [0, 0.05) is 0 Å². The van der Waals surface area contributed by atoms with Crippen LogP contribution >= 0.6 is 0 Å². The first-order chi connectivity index (χ1) is 16.3. The summed E-state index contributed by atoms with van der Waals surface area (Å²) in [6.45, 7) is -4.53. The second-order valence-electron chi connectivity index (χ2n) is 8.74.